The van der Waals surface area contributed by atoms with E-state index in [9.17, 15) is 9.59 Å². The van der Waals surface area contributed by atoms with Crippen LogP contribution in [0.4, 0.5) is 0 Å². The van der Waals surface area contributed by atoms with Gasteiger partial charge < -0.3 is 4.74 Å². The van der Waals surface area contributed by atoms with Gasteiger partial charge in [0.05, 0.1) is 0 Å². The summed E-state index contributed by atoms with van der Waals surface area (Å²) in [7, 11) is 0. The number of carbonyl (C=O) groups is 2. The van der Waals surface area contributed by atoms with Gasteiger partial charge in [0.1, 0.15) is 17.8 Å². The smallest absolute Gasteiger partial charge is 0.316 e. The van der Waals surface area contributed by atoms with Gasteiger partial charge in [0, 0.05) is 5.92 Å². The van der Waals surface area contributed by atoms with Gasteiger partial charge in [0.2, 0.25) is 0 Å². The molecule has 1 fully saturated rings. The minimum absolute atomic E-state index is 0.0181. The molecule has 0 bridgehead atoms. The van der Waals surface area contributed by atoms with Crippen LogP contribution in [0.2, 0.25) is 0 Å². The fourth-order valence-electron chi connectivity index (χ4n) is 2.36. The van der Waals surface area contributed by atoms with Crippen molar-refractivity contribution in [3.05, 3.63) is 0 Å². The number of ketones is 1. The van der Waals surface area contributed by atoms with Gasteiger partial charge >= 0.3 is 5.97 Å². The minimum atomic E-state index is -0.596. The molecule has 92 valence electrons. The second kappa shape index (κ2) is 5.46. The van der Waals surface area contributed by atoms with Crippen molar-refractivity contribution in [2.24, 2.45) is 17.8 Å². The molecule has 0 radical (unpaired) electrons. The number of Topliss-reactive ketones (excluding diaryl/α,β-unsaturated/α-hetero) is 1. The molecule has 3 heteroatoms. The quantitative estimate of drug-likeness (QED) is 0.537. The molecule has 1 rings (SSSR count). The predicted octanol–water partition coefficient (Wildman–Crippen LogP) is 2.58. The maximum Gasteiger partial charge on any atom is 0.316 e. The lowest BCUT2D eigenvalue weighted by Gasteiger charge is -2.30. The molecule has 1 heterocycles. The fourth-order valence-corrected chi connectivity index (χ4v) is 2.36. The topological polar surface area (TPSA) is 43.4 Å². The van der Waals surface area contributed by atoms with Crippen molar-refractivity contribution < 1.29 is 14.3 Å². The summed E-state index contributed by atoms with van der Waals surface area (Å²) in [5, 5.41) is 0. The van der Waals surface area contributed by atoms with Crippen LogP contribution in [-0.2, 0) is 14.3 Å². The van der Waals surface area contributed by atoms with Crippen molar-refractivity contribution in [1.29, 1.82) is 0 Å². The number of hydrogen-bond acceptors (Lipinski definition) is 3. The molecule has 1 aliphatic heterocycles. The van der Waals surface area contributed by atoms with Crippen LogP contribution in [-0.4, -0.2) is 17.9 Å². The third kappa shape index (κ3) is 2.83. The highest BCUT2D eigenvalue weighted by Gasteiger charge is 2.35. The Bertz CT molecular complexity index is 272. The molecule has 0 saturated carbocycles. The summed E-state index contributed by atoms with van der Waals surface area (Å²) in [6, 6.07) is 0. The molecular formula is C13H22O3. The maximum atomic E-state index is 11.8. The Kier molecular flexibility index (Phi) is 4.51. The van der Waals surface area contributed by atoms with Crippen LogP contribution in [0.15, 0.2) is 0 Å². The number of ether oxygens (including phenoxy) is 1. The Morgan fingerprint density at radius 2 is 1.88 bits per heavy atom. The normalized spacial score (nSPS) is 36.5. The van der Waals surface area contributed by atoms with E-state index in [1.807, 2.05) is 6.92 Å². The van der Waals surface area contributed by atoms with Crippen molar-refractivity contribution in [2.45, 2.75) is 53.1 Å². The summed E-state index contributed by atoms with van der Waals surface area (Å²) in [5.74, 6) is -0.678. The van der Waals surface area contributed by atoms with Crippen molar-refractivity contribution in [3.8, 4) is 0 Å². The highest BCUT2D eigenvalue weighted by atomic mass is 16.5. The van der Waals surface area contributed by atoms with Crippen molar-refractivity contribution in [3.63, 3.8) is 0 Å². The number of cyclic esters (lactones) is 1. The lowest BCUT2D eigenvalue weighted by molar-refractivity contribution is -0.162. The molecule has 3 nitrogen and oxygen atoms in total. The van der Waals surface area contributed by atoms with E-state index in [1.165, 1.54) is 0 Å². The van der Waals surface area contributed by atoms with Gasteiger partial charge in [-0.05, 0) is 25.7 Å². The van der Waals surface area contributed by atoms with Gasteiger partial charge in [-0.15, -0.1) is 0 Å². The second-order valence-electron chi connectivity index (χ2n) is 5.00. The molecule has 0 spiro atoms. The lowest BCUT2D eigenvalue weighted by Crippen LogP contribution is -2.38. The number of hydrogen-bond donors (Lipinski definition) is 0. The predicted molar refractivity (Wildman–Crippen MR) is 61.9 cm³/mol. The van der Waals surface area contributed by atoms with Crippen LogP contribution < -0.4 is 0 Å². The fraction of sp³-hybridized carbons (Fsp3) is 0.846. The molecule has 1 saturated heterocycles. The Morgan fingerprint density at radius 3 is 2.44 bits per heavy atom. The van der Waals surface area contributed by atoms with Crippen LogP contribution in [0, 0.1) is 17.8 Å². The van der Waals surface area contributed by atoms with Gasteiger partial charge in [0.15, 0.2) is 0 Å². The van der Waals surface area contributed by atoms with Crippen LogP contribution in [0.25, 0.3) is 0 Å². The first-order valence-corrected chi connectivity index (χ1v) is 6.21. The van der Waals surface area contributed by atoms with Crippen LogP contribution in [0.3, 0.4) is 0 Å². The van der Waals surface area contributed by atoms with E-state index in [0.717, 1.165) is 19.3 Å². The summed E-state index contributed by atoms with van der Waals surface area (Å²) in [5.41, 5.74) is 0. The highest BCUT2D eigenvalue weighted by molar-refractivity contribution is 5.99. The molecule has 16 heavy (non-hydrogen) atoms. The van der Waals surface area contributed by atoms with E-state index in [1.54, 1.807) is 6.92 Å². The van der Waals surface area contributed by atoms with Gasteiger partial charge in [0.25, 0.3) is 0 Å². The summed E-state index contributed by atoms with van der Waals surface area (Å²) in [4.78, 5) is 23.5. The first-order valence-electron chi connectivity index (χ1n) is 6.21. The molecule has 0 N–H and O–H groups in total. The summed E-state index contributed by atoms with van der Waals surface area (Å²) >= 11 is 0. The second-order valence-corrected chi connectivity index (χ2v) is 5.00. The van der Waals surface area contributed by atoms with Crippen LogP contribution >= 0.6 is 0 Å². The number of esters is 1. The van der Waals surface area contributed by atoms with E-state index in [-0.39, 0.29) is 29.7 Å². The van der Waals surface area contributed by atoms with Crippen molar-refractivity contribution in [2.75, 3.05) is 0 Å². The number of carbonyl (C=O) groups excluding carboxylic acids is 2. The lowest BCUT2D eigenvalue weighted by atomic mass is 9.83. The maximum absolute atomic E-state index is 11.8. The van der Waals surface area contributed by atoms with E-state index in [2.05, 4.69) is 13.8 Å². The SMILES string of the molecule is CCC[C@H]1OC(=O)[C@@H](C)C(=O)[C@H](C)C[C@H]1C. The molecular weight excluding hydrogens is 204 g/mol. The minimum Gasteiger partial charge on any atom is -0.462 e. The zero-order valence-corrected chi connectivity index (χ0v) is 10.7. The third-order valence-corrected chi connectivity index (χ3v) is 3.47. The summed E-state index contributed by atoms with van der Waals surface area (Å²) < 4.78 is 5.42. The van der Waals surface area contributed by atoms with Crippen LogP contribution in [0.1, 0.15) is 47.0 Å². The highest BCUT2D eigenvalue weighted by Crippen LogP contribution is 2.27. The number of rotatable bonds is 2. The van der Waals surface area contributed by atoms with Gasteiger partial charge in [-0.25, -0.2) is 0 Å². The standard InChI is InChI=1S/C13H22O3/c1-5-6-11-8(2)7-9(3)12(14)10(4)13(15)16-11/h8-11H,5-7H2,1-4H3/t8-,9-,10+,11-/m1/s1. The zero-order chi connectivity index (χ0) is 12.3. The van der Waals surface area contributed by atoms with E-state index in [0.29, 0.717) is 0 Å². The van der Waals surface area contributed by atoms with Crippen LogP contribution in [0.5, 0.6) is 0 Å². The Hall–Kier alpha value is -0.860. The molecule has 0 aromatic carbocycles. The van der Waals surface area contributed by atoms with Gasteiger partial charge in [-0.2, -0.15) is 0 Å². The molecule has 0 aromatic heterocycles. The van der Waals surface area contributed by atoms with Crippen molar-refractivity contribution >= 4 is 11.8 Å². The Morgan fingerprint density at radius 1 is 1.25 bits per heavy atom. The monoisotopic (exact) mass is 226 g/mol. The molecule has 1 aliphatic rings. The third-order valence-electron chi connectivity index (χ3n) is 3.47. The summed E-state index contributed by atoms with van der Waals surface area (Å²) in [6.45, 7) is 7.71. The first kappa shape index (κ1) is 13.2. The first-order chi connectivity index (χ1) is 7.47. The zero-order valence-electron chi connectivity index (χ0n) is 10.7. The molecule has 4 atom stereocenters. The van der Waals surface area contributed by atoms with Gasteiger partial charge in [-0.1, -0.05) is 27.2 Å². The average Bonchev–Trinajstić information content (AvgIpc) is 2.25. The van der Waals surface area contributed by atoms with E-state index >= 15 is 0 Å². The Balaban J connectivity index is 2.81. The summed E-state index contributed by atoms with van der Waals surface area (Å²) in [6.07, 6.45) is 2.69. The van der Waals surface area contributed by atoms with E-state index < -0.39 is 5.92 Å². The molecule has 0 aliphatic carbocycles. The largest absolute Gasteiger partial charge is 0.462 e. The average molecular weight is 226 g/mol. The molecule has 0 unspecified atom stereocenters. The molecule has 0 amide bonds. The van der Waals surface area contributed by atoms with Crippen molar-refractivity contribution in [1.82, 2.24) is 0 Å². The van der Waals surface area contributed by atoms with E-state index in [4.69, 9.17) is 4.74 Å². The Labute approximate surface area is 97.5 Å². The van der Waals surface area contributed by atoms with Gasteiger partial charge in [-0.3, -0.25) is 9.59 Å². The molecule has 0 aromatic rings.